The Morgan fingerprint density at radius 2 is 1.95 bits per heavy atom. The van der Waals surface area contributed by atoms with Crippen molar-refractivity contribution in [3.63, 3.8) is 0 Å². The van der Waals surface area contributed by atoms with E-state index < -0.39 is 0 Å². The van der Waals surface area contributed by atoms with Gasteiger partial charge in [0.25, 0.3) is 0 Å². The van der Waals surface area contributed by atoms with Gasteiger partial charge in [0.15, 0.2) is 0 Å². The number of phenols is 1. The maximum atomic E-state index is 11.0. The van der Waals surface area contributed by atoms with Gasteiger partial charge in [-0.1, -0.05) is 17.7 Å². The van der Waals surface area contributed by atoms with Crippen LogP contribution >= 0.6 is 11.6 Å². The second kappa shape index (κ2) is 6.30. The molecule has 0 bridgehead atoms. The molecular weight excluding hydrogens is 276 g/mol. The molecule has 1 amide bonds. The molecule has 2 aromatic rings. The van der Waals surface area contributed by atoms with Gasteiger partial charge in [0.1, 0.15) is 5.75 Å². The molecule has 3 N–H and O–H groups in total. The minimum Gasteiger partial charge on any atom is -0.508 e. The van der Waals surface area contributed by atoms with Crippen LogP contribution < -0.4 is 10.6 Å². The van der Waals surface area contributed by atoms with E-state index in [9.17, 15) is 9.90 Å². The number of amides is 1. The van der Waals surface area contributed by atoms with Gasteiger partial charge in [-0.2, -0.15) is 0 Å². The zero-order valence-electron chi connectivity index (χ0n) is 11.0. The summed E-state index contributed by atoms with van der Waals surface area (Å²) < 4.78 is 0. The number of anilines is 2. The molecule has 0 radical (unpaired) electrons. The Hall–Kier alpha value is -2.20. The van der Waals surface area contributed by atoms with Crippen LogP contribution in [0.15, 0.2) is 42.5 Å². The van der Waals surface area contributed by atoms with Crippen LogP contribution in [0.25, 0.3) is 0 Å². The Morgan fingerprint density at radius 1 is 1.20 bits per heavy atom. The van der Waals surface area contributed by atoms with Crippen molar-refractivity contribution in [2.75, 3.05) is 10.6 Å². The summed E-state index contributed by atoms with van der Waals surface area (Å²) in [5, 5.41) is 16.2. The highest BCUT2D eigenvalue weighted by Crippen LogP contribution is 2.23. The minimum atomic E-state index is -0.116. The van der Waals surface area contributed by atoms with Crippen LogP contribution in [0.5, 0.6) is 5.75 Å². The Kier molecular flexibility index (Phi) is 4.48. The van der Waals surface area contributed by atoms with Crippen molar-refractivity contribution in [2.45, 2.75) is 13.5 Å². The summed E-state index contributed by atoms with van der Waals surface area (Å²) in [5.41, 5.74) is 2.27. The second-order valence-corrected chi connectivity index (χ2v) is 4.83. The van der Waals surface area contributed by atoms with Crippen molar-refractivity contribution in [3.05, 3.63) is 53.1 Å². The zero-order chi connectivity index (χ0) is 14.5. The molecule has 0 heterocycles. The molecule has 0 unspecified atom stereocenters. The van der Waals surface area contributed by atoms with Crippen LogP contribution in [0, 0.1) is 0 Å². The van der Waals surface area contributed by atoms with Gasteiger partial charge in [0, 0.05) is 35.4 Å². The van der Waals surface area contributed by atoms with Gasteiger partial charge < -0.3 is 15.7 Å². The van der Waals surface area contributed by atoms with E-state index in [1.165, 1.54) is 6.92 Å². The van der Waals surface area contributed by atoms with E-state index in [4.69, 9.17) is 11.6 Å². The third-order valence-corrected chi connectivity index (χ3v) is 2.94. The molecule has 4 nitrogen and oxygen atoms in total. The van der Waals surface area contributed by atoms with Crippen molar-refractivity contribution in [1.29, 1.82) is 0 Å². The molecule has 0 aliphatic heterocycles. The lowest BCUT2D eigenvalue weighted by Gasteiger charge is -2.10. The van der Waals surface area contributed by atoms with Crippen molar-refractivity contribution >= 4 is 28.9 Å². The lowest BCUT2D eigenvalue weighted by molar-refractivity contribution is -0.114. The van der Waals surface area contributed by atoms with Crippen molar-refractivity contribution < 1.29 is 9.90 Å². The molecule has 2 rings (SSSR count). The zero-order valence-corrected chi connectivity index (χ0v) is 11.7. The predicted molar refractivity (Wildman–Crippen MR) is 81.2 cm³/mol. The molecule has 2 aromatic carbocycles. The molecule has 0 atom stereocenters. The van der Waals surface area contributed by atoms with Crippen LogP contribution in [0.3, 0.4) is 0 Å². The number of hydrogen-bond donors (Lipinski definition) is 3. The Morgan fingerprint density at radius 3 is 2.70 bits per heavy atom. The van der Waals surface area contributed by atoms with Gasteiger partial charge in [0.05, 0.1) is 0 Å². The standard InChI is InChI=1S/C15H15ClN2O2/c1-10(19)18-14-4-2-3-13(8-14)17-9-11-7-12(16)5-6-15(11)20/h2-8,17,20H,9H2,1H3,(H,18,19). The van der Waals surface area contributed by atoms with E-state index in [1.807, 2.05) is 24.3 Å². The van der Waals surface area contributed by atoms with Crippen molar-refractivity contribution in [2.24, 2.45) is 0 Å². The molecular formula is C15H15ClN2O2. The smallest absolute Gasteiger partial charge is 0.221 e. The SMILES string of the molecule is CC(=O)Nc1cccc(NCc2cc(Cl)ccc2O)c1. The van der Waals surface area contributed by atoms with Crippen molar-refractivity contribution in [3.8, 4) is 5.75 Å². The van der Waals surface area contributed by atoms with Crippen LogP contribution in [-0.2, 0) is 11.3 Å². The fourth-order valence-corrected chi connectivity index (χ4v) is 2.00. The predicted octanol–water partition coefficient (Wildman–Crippen LogP) is 3.62. The van der Waals surface area contributed by atoms with Gasteiger partial charge in [-0.05, 0) is 36.4 Å². The normalized spacial score (nSPS) is 10.1. The molecule has 0 aromatic heterocycles. The Bertz CT molecular complexity index is 629. The number of nitrogens with one attached hydrogen (secondary N) is 2. The highest BCUT2D eigenvalue weighted by atomic mass is 35.5. The molecule has 0 fully saturated rings. The average Bonchev–Trinajstić information content (AvgIpc) is 2.39. The Labute approximate surface area is 122 Å². The summed E-state index contributed by atoms with van der Waals surface area (Å²) in [6.45, 7) is 1.90. The van der Waals surface area contributed by atoms with Gasteiger partial charge in [-0.15, -0.1) is 0 Å². The van der Waals surface area contributed by atoms with Crippen LogP contribution in [0.2, 0.25) is 5.02 Å². The van der Waals surface area contributed by atoms with Gasteiger partial charge in [-0.25, -0.2) is 0 Å². The fraction of sp³-hybridized carbons (Fsp3) is 0.133. The third-order valence-electron chi connectivity index (χ3n) is 2.71. The van der Waals surface area contributed by atoms with Crippen LogP contribution in [-0.4, -0.2) is 11.0 Å². The minimum absolute atomic E-state index is 0.116. The molecule has 5 heteroatoms. The van der Waals surface area contributed by atoms with Crippen LogP contribution in [0.4, 0.5) is 11.4 Å². The summed E-state index contributed by atoms with van der Waals surface area (Å²) in [4.78, 5) is 11.0. The molecule has 0 aliphatic rings. The van der Waals surface area contributed by atoms with Crippen molar-refractivity contribution in [1.82, 2.24) is 0 Å². The molecule has 0 saturated carbocycles. The summed E-state index contributed by atoms with van der Waals surface area (Å²) in [7, 11) is 0. The number of benzene rings is 2. The first kappa shape index (κ1) is 14.2. The summed E-state index contributed by atoms with van der Waals surface area (Å²) >= 11 is 5.89. The first-order chi connectivity index (χ1) is 9.54. The molecule has 0 spiro atoms. The highest BCUT2D eigenvalue weighted by Gasteiger charge is 2.03. The topological polar surface area (TPSA) is 61.4 Å². The van der Waals surface area contributed by atoms with E-state index in [2.05, 4.69) is 10.6 Å². The second-order valence-electron chi connectivity index (χ2n) is 4.39. The molecule has 0 saturated heterocycles. The fourth-order valence-electron chi connectivity index (χ4n) is 1.80. The monoisotopic (exact) mass is 290 g/mol. The van der Waals surface area contributed by atoms with Gasteiger partial charge >= 0.3 is 0 Å². The summed E-state index contributed by atoms with van der Waals surface area (Å²) in [5.74, 6) is 0.0783. The van der Waals surface area contributed by atoms with Crippen LogP contribution in [0.1, 0.15) is 12.5 Å². The molecule has 20 heavy (non-hydrogen) atoms. The maximum absolute atomic E-state index is 11.0. The first-order valence-electron chi connectivity index (χ1n) is 6.13. The van der Waals surface area contributed by atoms with E-state index >= 15 is 0 Å². The number of hydrogen-bond acceptors (Lipinski definition) is 3. The number of carbonyl (C=O) groups excluding carboxylic acids is 1. The maximum Gasteiger partial charge on any atom is 0.221 e. The van der Waals surface area contributed by atoms with E-state index in [0.717, 1.165) is 11.4 Å². The number of carbonyl (C=O) groups is 1. The Balaban J connectivity index is 2.07. The number of aromatic hydroxyl groups is 1. The highest BCUT2D eigenvalue weighted by molar-refractivity contribution is 6.30. The quantitative estimate of drug-likeness (QED) is 0.806. The molecule has 104 valence electrons. The third kappa shape index (κ3) is 3.90. The lowest BCUT2D eigenvalue weighted by atomic mass is 10.2. The van der Waals surface area contributed by atoms with E-state index in [1.54, 1.807) is 18.2 Å². The number of halogens is 1. The summed E-state index contributed by atoms with van der Waals surface area (Å²) in [6, 6.07) is 12.3. The lowest BCUT2D eigenvalue weighted by Crippen LogP contribution is -2.06. The first-order valence-corrected chi connectivity index (χ1v) is 6.51. The number of phenolic OH excluding ortho intramolecular Hbond substituents is 1. The van der Waals surface area contributed by atoms with Gasteiger partial charge in [-0.3, -0.25) is 4.79 Å². The van der Waals surface area contributed by atoms with E-state index in [0.29, 0.717) is 17.1 Å². The summed E-state index contributed by atoms with van der Waals surface area (Å²) in [6.07, 6.45) is 0. The van der Waals surface area contributed by atoms with E-state index in [-0.39, 0.29) is 11.7 Å². The molecule has 0 aliphatic carbocycles. The average molecular weight is 291 g/mol. The largest absolute Gasteiger partial charge is 0.508 e. The number of rotatable bonds is 4. The van der Waals surface area contributed by atoms with Gasteiger partial charge in [0.2, 0.25) is 5.91 Å².